The van der Waals surface area contributed by atoms with E-state index in [1.54, 1.807) is 19.4 Å². The number of amides is 2. The first-order valence-electron chi connectivity index (χ1n) is 5.94. The van der Waals surface area contributed by atoms with Gasteiger partial charge in [0.15, 0.2) is 0 Å². The van der Waals surface area contributed by atoms with Gasteiger partial charge in [0, 0.05) is 13.0 Å². The van der Waals surface area contributed by atoms with Crippen LogP contribution in [0.4, 0.5) is 9.93 Å². The van der Waals surface area contributed by atoms with E-state index in [-0.39, 0.29) is 6.03 Å². The Bertz CT molecular complexity index is 536. The normalized spacial score (nSPS) is 10.7. The third-order valence-electron chi connectivity index (χ3n) is 2.47. The molecule has 0 saturated heterocycles. The molecule has 2 rings (SSSR count). The van der Waals surface area contributed by atoms with E-state index in [0.717, 1.165) is 10.8 Å². The van der Waals surface area contributed by atoms with Gasteiger partial charge in [0.25, 0.3) is 0 Å². The van der Waals surface area contributed by atoms with Gasteiger partial charge < -0.3 is 9.32 Å². The highest BCUT2D eigenvalue weighted by molar-refractivity contribution is 7.15. The summed E-state index contributed by atoms with van der Waals surface area (Å²) in [5.41, 5.74) is 0. The summed E-state index contributed by atoms with van der Waals surface area (Å²) in [5.74, 6) is 1.04. The van der Waals surface area contributed by atoms with Gasteiger partial charge in [-0.1, -0.05) is 25.2 Å². The summed E-state index contributed by atoms with van der Waals surface area (Å²) in [4.78, 5) is 13.5. The van der Waals surface area contributed by atoms with E-state index in [1.165, 1.54) is 16.2 Å². The van der Waals surface area contributed by atoms with Crippen molar-refractivity contribution in [1.29, 1.82) is 0 Å². The van der Waals surface area contributed by atoms with Crippen LogP contribution in [0.3, 0.4) is 0 Å². The molecule has 0 unspecified atom stereocenters. The Balaban J connectivity index is 1.92. The van der Waals surface area contributed by atoms with Crippen molar-refractivity contribution in [2.75, 3.05) is 12.4 Å². The third-order valence-corrected chi connectivity index (χ3v) is 3.61. The van der Waals surface area contributed by atoms with Crippen molar-refractivity contribution in [3.05, 3.63) is 29.2 Å². The lowest BCUT2D eigenvalue weighted by molar-refractivity contribution is 0.216. The van der Waals surface area contributed by atoms with Gasteiger partial charge >= 0.3 is 6.03 Å². The van der Waals surface area contributed by atoms with Crippen molar-refractivity contribution < 1.29 is 9.21 Å². The van der Waals surface area contributed by atoms with Gasteiger partial charge in [0.2, 0.25) is 5.13 Å². The van der Waals surface area contributed by atoms with Crippen LogP contribution in [-0.4, -0.2) is 28.2 Å². The van der Waals surface area contributed by atoms with E-state index in [2.05, 4.69) is 15.5 Å². The van der Waals surface area contributed by atoms with E-state index >= 15 is 0 Å². The van der Waals surface area contributed by atoms with Crippen LogP contribution >= 0.6 is 11.3 Å². The van der Waals surface area contributed by atoms with Gasteiger partial charge in [-0.25, -0.2) is 4.79 Å². The van der Waals surface area contributed by atoms with E-state index in [9.17, 15) is 4.79 Å². The summed E-state index contributed by atoms with van der Waals surface area (Å²) in [6.07, 6.45) is 1.58. The fourth-order valence-corrected chi connectivity index (χ4v) is 2.15. The number of hydrogen-bond acceptors (Lipinski definition) is 5. The SMILES string of the molecule is CC(C)c1nnc(NC(=O)N(C)Cc2ccco2)s1. The highest BCUT2D eigenvalue weighted by Crippen LogP contribution is 2.22. The summed E-state index contributed by atoms with van der Waals surface area (Å²) in [7, 11) is 1.70. The summed E-state index contributed by atoms with van der Waals surface area (Å²) >= 11 is 1.39. The van der Waals surface area contributed by atoms with Gasteiger partial charge in [-0.15, -0.1) is 10.2 Å². The molecule has 0 aliphatic carbocycles. The van der Waals surface area contributed by atoms with Crippen LogP contribution in [0.5, 0.6) is 0 Å². The number of aromatic nitrogens is 2. The topological polar surface area (TPSA) is 71.3 Å². The van der Waals surface area contributed by atoms with Crippen LogP contribution in [-0.2, 0) is 6.54 Å². The lowest BCUT2D eigenvalue weighted by atomic mass is 10.2. The zero-order chi connectivity index (χ0) is 13.8. The van der Waals surface area contributed by atoms with E-state index in [1.807, 2.05) is 19.9 Å². The van der Waals surface area contributed by atoms with Crippen LogP contribution in [0.1, 0.15) is 30.5 Å². The Morgan fingerprint density at radius 1 is 1.53 bits per heavy atom. The monoisotopic (exact) mass is 280 g/mol. The van der Waals surface area contributed by atoms with E-state index in [0.29, 0.717) is 17.6 Å². The van der Waals surface area contributed by atoms with Crippen molar-refractivity contribution in [2.24, 2.45) is 0 Å². The fourth-order valence-electron chi connectivity index (χ4n) is 1.41. The first kappa shape index (κ1) is 13.5. The van der Waals surface area contributed by atoms with Crippen molar-refractivity contribution in [3.63, 3.8) is 0 Å². The summed E-state index contributed by atoms with van der Waals surface area (Å²) in [6, 6.07) is 3.38. The molecule has 0 spiro atoms. The fraction of sp³-hybridized carbons (Fsp3) is 0.417. The molecule has 2 heterocycles. The molecule has 0 aliphatic heterocycles. The minimum Gasteiger partial charge on any atom is -0.467 e. The number of rotatable bonds is 4. The van der Waals surface area contributed by atoms with E-state index < -0.39 is 0 Å². The number of hydrogen-bond donors (Lipinski definition) is 1. The molecule has 1 N–H and O–H groups in total. The first-order chi connectivity index (χ1) is 9.06. The van der Waals surface area contributed by atoms with Gasteiger partial charge in [-0.05, 0) is 12.1 Å². The van der Waals surface area contributed by atoms with Gasteiger partial charge in [0.05, 0.1) is 12.8 Å². The van der Waals surface area contributed by atoms with Gasteiger partial charge in [-0.3, -0.25) is 5.32 Å². The zero-order valence-corrected chi connectivity index (χ0v) is 11.9. The van der Waals surface area contributed by atoms with Crippen LogP contribution in [0.2, 0.25) is 0 Å². The molecular formula is C12H16N4O2S. The Hall–Kier alpha value is -1.89. The molecule has 0 fully saturated rings. The minimum absolute atomic E-state index is 0.233. The number of nitrogens with one attached hydrogen (secondary N) is 1. The Morgan fingerprint density at radius 2 is 2.32 bits per heavy atom. The Kier molecular flexibility index (Phi) is 4.16. The van der Waals surface area contributed by atoms with Gasteiger partial charge in [0.1, 0.15) is 10.8 Å². The Morgan fingerprint density at radius 3 is 2.89 bits per heavy atom. The number of anilines is 1. The van der Waals surface area contributed by atoms with Gasteiger partial charge in [-0.2, -0.15) is 0 Å². The van der Waals surface area contributed by atoms with Crippen LogP contribution in [0.25, 0.3) is 0 Å². The molecule has 2 amide bonds. The highest BCUT2D eigenvalue weighted by Gasteiger charge is 2.14. The second-order valence-electron chi connectivity index (χ2n) is 4.47. The quantitative estimate of drug-likeness (QED) is 0.934. The standard InChI is InChI=1S/C12H16N4O2S/c1-8(2)10-14-15-11(19-10)13-12(17)16(3)7-9-5-4-6-18-9/h4-6,8H,7H2,1-3H3,(H,13,15,17). The van der Waals surface area contributed by atoms with Crippen LogP contribution < -0.4 is 5.32 Å². The zero-order valence-electron chi connectivity index (χ0n) is 11.1. The molecule has 0 aromatic carbocycles. The minimum atomic E-state index is -0.233. The van der Waals surface area contributed by atoms with E-state index in [4.69, 9.17) is 4.42 Å². The average molecular weight is 280 g/mol. The number of urea groups is 1. The van der Waals surface area contributed by atoms with Crippen molar-refractivity contribution in [3.8, 4) is 0 Å². The molecule has 7 heteroatoms. The van der Waals surface area contributed by atoms with Crippen molar-refractivity contribution >= 4 is 22.5 Å². The molecule has 0 radical (unpaired) electrons. The predicted octanol–water partition coefficient (Wildman–Crippen LogP) is 2.92. The lowest BCUT2D eigenvalue weighted by Crippen LogP contribution is -2.30. The highest BCUT2D eigenvalue weighted by atomic mass is 32.1. The maximum atomic E-state index is 11.9. The molecule has 0 saturated carbocycles. The average Bonchev–Trinajstić information content (AvgIpc) is 2.99. The number of carbonyl (C=O) groups is 1. The molecule has 0 aliphatic rings. The molecule has 102 valence electrons. The number of carbonyl (C=O) groups excluding carboxylic acids is 1. The molecule has 6 nitrogen and oxygen atoms in total. The molecule has 0 bridgehead atoms. The Labute approximate surface area is 115 Å². The molecular weight excluding hydrogens is 264 g/mol. The first-order valence-corrected chi connectivity index (χ1v) is 6.76. The molecule has 19 heavy (non-hydrogen) atoms. The number of nitrogens with zero attached hydrogens (tertiary/aromatic N) is 3. The summed E-state index contributed by atoms with van der Waals surface area (Å²) in [6.45, 7) is 4.49. The molecule has 2 aromatic rings. The summed E-state index contributed by atoms with van der Waals surface area (Å²) in [5, 5.41) is 12.1. The van der Waals surface area contributed by atoms with Crippen molar-refractivity contribution in [2.45, 2.75) is 26.3 Å². The third kappa shape index (κ3) is 3.54. The van der Waals surface area contributed by atoms with Crippen LogP contribution in [0.15, 0.2) is 22.8 Å². The molecule has 0 atom stereocenters. The summed E-state index contributed by atoms with van der Waals surface area (Å²) < 4.78 is 5.19. The second kappa shape index (κ2) is 5.83. The van der Waals surface area contributed by atoms with Crippen LogP contribution in [0, 0.1) is 0 Å². The predicted molar refractivity (Wildman–Crippen MR) is 73.2 cm³/mol. The maximum Gasteiger partial charge on any atom is 0.323 e. The smallest absolute Gasteiger partial charge is 0.323 e. The maximum absolute atomic E-state index is 11.9. The second-order valence-corrected chi connectivity index (χ2v) is 5.47. The lowest BCUT2D eigenvalue weighted by Gasteiger charge is -2.15. The number of furan rings is 1. The van der Waals surface area contributed by atoms with Crippen molar-refractivity contribution in [1.82, 2.24) is 15.1 Å². The molecule has 2 aromatic heterocycles. The largest absolute Gasteiger partial charge is 0.467 e.